The number of sulfone groups is 1. The maximum atomic E-state index is 13.6. The summed E-state index contributed by atoms with van der Waals surface area (Å²) >= 11 is 0. The lowest BCUT2D eigenvalue weighted by Gasteiger charge is -2.39. The summed E-state index contributed by atoms with van der Waals surface area (Å²) in [6, 6.07) is 9.97. The Kier molecular flexibility index (Phi) is 6.49. The monoisotopic (exact) mass is 500 g/mol. The van der Waals surface area contributed by atoms with Gasteiger partial charge in [-0.25, -0.2) is 13.9 Å². The minimum absolute atomic E-state index is 0.00947. The molecule has 0 radical (unpaired) electrons. The Morgan fingerprint density at radius 3 is 2.12 bits per heavy atom. The van der Waals surface area contributed by atoms with Crippen LogP contribution in [0.2, 0.25) is 0 Å². The summed E-state index contributed by atoms with van der Waals surface area (Å²) in [6.07, 6.45) is -2.82. The quantitative estimate of drug-likeness (QED) is 0.394. The summed E-state index contributed by atoms with van der Waals surface area (Å²) < 4.78 is 71.5. The van der Waals surface area contributed by atoms with Crippen LogP contribution in [0.4, 0.5) is 13.2 Å². The summed E-state index contributed by atoms with van der Waals surface area (Å²) in [4.78, 5) is 12.5. The van der Waals surface area contributed by atoms with Gasteiger partial charge in [-0.15, -0.1) is 13.2 Å². The molecule has 1 aliphatic heterocycles. The number of hydroxylamine groups is 1. The summed E-state index contributed by atoms with van der Waals surface area (Å²) in [6.45, 7) is 0.322. The molecule has 1 amide bonds. The van der Waals surface area contributed by atoms with E-state index in [0.29, 0.717) is 12.5 Å². The summed E-state index contributed by atoms with van der Waals surface area (Å²) in [5.41, 5.74) is 1.54. The molecule has 2 unspecified atom stereocenters. The van der Waals surface area contributed by atoms with Gasteiger partial charge in [-0.3, -0.25) is 10.0 Å². The van der Waals surface area contributed by atoms with E-state index in [9.17, 15) is 31.6 Å². The fourth-order valence-corrected chi connectivity index (χ4v) is 6.26. The summed E-state index contributed by atoms with van der Waals surface area (Å²) in [7, 11) is -4.18. The molecule has 0 aromatic heterocycles. The first-order valence-electron chi connectivity index (χ1n) is 10.6. The van der Waals surface area contributed by atoms with E-state index in [-0.39, 0.29) is 35.3 Å². The van der Waals surface area contributed by atoms with Crippen LogP contribution in [0.5, 0.6) is 17.2 Å². The van der Waals surface area contributed by atoms with Gasteiger partial charge in [-0.2, -0.15) is 0 Å². The fourth-order valence-electron chi connectivity index (χ4n) is 4.25. The molecule has 1 saturated carbocycles. The van der Waals surface area contributed by atoms with Crippen LogP contribution < -0.4 is 20.3 Å². The van der Waals surface area contributed by atoms with Crippen LogP contribution in [0, 0.1) is 5.92 Å². The number of carbonyl (C=O) groups excluding carboxylic acids is 1. The van der Waals surface area contributed by atoms with Crippen molar-refractivity contribution in [2.45, 2.75) is 47.7 Å². The normalized spacial score (nSPS) is 23.2. The Morgan fingerprint density at radius 2 is 1.59 bits per heavy atom. The SMILES string of the molecule is O=C(NO)C1(S(=O)(=O)c2ccc(Oc3ccc(OC(F)(F)F)cc3)cc2)CCNC(C2CC2)C1. The van der Waals surface area contributed by atoms with E-state index in [1.165, 1.54) is 36.4 Å². The average Bonchev–Trinajstić information content (AvgIpc) is 3.65. The Bertz CT molecular complexity index is 1130. The Hall–Kier alpha value is -2.83. The number of hydrogen-bond acceptors (Lipinski definition) is 7. The molecule has 2 atom stereocenters. The fraction of sp³-hybridized carbons (Fsp3) is 0.409. The molecule has 2 fully saturated rings. The van der Waals surface area contributed by atoms with E-state index < -0.39 is 32.6 Å². The van der Waals surface area contributed by atoms with Crippen LogP contribution in [0.25, 0.3) is 0 Å². The number of amides is 1. The number of nitrogens with one attached hydrogen (secondary N) is 2. The van der Waals surface area contributed by atoms with Gasteiger partial charge in [0.2, 0.25) is 0 Å². The van der Waals surface area contributed by atoms with Gasteiger partial charge in [-0.05, 0) is 86.7 Å². The lowest BCUT2D eigenvalue weighted by Crippen LogP contribution is -2.60. The maximum absolute atomic E-state index is 13.6. The van der Waals surface area contributed by atoms with Crippen LogP contribution in [-0.4, -0.2) is 43.2 Å². The van der Waals surface area contributed by atoms with Crippen molar-refractivity contribution in [3.05, 3.63) is 48.5 Å². The van der Waals surface area contributed by atoms with E-state index in [4.69, 9.17) is 4.74 Å². The minimum Gasteiger partial charge on any atom is -0.457 e. The molecular weight excluding hydrogens is 477 g/mol. The largest absolute Gasteiger partial charge is 0.573 e. The van der Waals surface area contributed by atoms with Crippen LogP contribution in [0.3, 0.4) is 0 Å². The number of benzene rings is 2. The zero-order chi connectivity index (χ0) is 24.6. The van der Waals surface area contributed by atoms with Crippen molar-refractivity contribution in [1.29, 1.82) is 0 Å². The maximum Gasteiger partial charge on any atom is 0.573 e. The standard InChI is InChI=1S/C22H23F3N2O6S/c23-22(24,25)33-17-5-3-15(4-6-17)32-16-7-9-18(10-8-16)34(30,31)21(20(28)27-29)11-12-26-19(13-21)14-1-2-14/h3-10,14,19,26,29H,1-2,11-13H2,(H,27,28). The summed E-state index contributed by atoms with van der Waals surface area (Å²) in [5, 5.41) is 12.6. The van der Waals surface area contributed by atoms with Crippen LogP contribution >= 0.6 is 0 Å². The first-order valence-corrected chi connectivity index (χ1v) is 12.1. The molecule has 0 bridgehead atoms. The molecule has 8 nitrogen and oxygen atoms in total. The third kappa shape index (κ3) is 4.98. The first kappa shape index (κ1) is 24.3. The molecule has 0 spiro atoms. The summed E-state index contributed by atoms with van der Waals surface area (Å²) in [5.74, 6) is -0.594. The highest BCUT2D eigenvalue weighted by Gasteiger charge is 2.55. The topological polar surface area (TPSA) is 114 Å². The smallest absolute Gasteiger partial charge is 0.457 e. The predicted octanol–water partition coefficient (Wildman–Crippen LogP) is 3.56. The van der Waals surface area contributed by atoms with Gasteiger partial charge in [0.1, 0.15) is 17.2 Å². The van der Waals surface area contributed by atoms with Crippen molar-refractivity contribution in [2.75, 3.05) is 6.54 Å². The van der Waals surface area contributed by atoms with Gasteiger partial charge in [0.05, 0.1) is 4.90 Å². The molecule has 184 valence electrons. The zero-order valence-electron chi connectivity index (χ0n) is 17.8. The van der Waals surface area contributed by atoms with E-state index in [2.05, 4.69) is 10.1 Å². The van der Waals surface area contributed by atoms with Crippen molar-refractivity contribution in [3.8, 4) is 17.2 Å². The molecule has 2 aliphatic rings. The number of rotatable bonds is 7. The second kappa shape index (κ2) is 9.08. The zero-order valence-corrected chi connectivity index (χ0v) is 18.7. The molecule has 12 heteroatoms. The molecule has 34 heavy (non-hydrogen) atoms. The Labute approximate surface area is 193 Å². The highest BCUT2D eigenvalue weighted by Crippen LogP contribution is 2.43. The molecule has 2 aromatic rings. The van der Waals surface area contributed by atoms with Crippen LogP contribution in [-0.2, 0) is 14.6 Å². The minimum atomic E-state index is -4.80. The number of carbonyl (C=O) groups is 1. The van der Waals surface area contributed by atoms with Crippen LogP contribution in [0.1, 0.15) is 25.7 Å². The van der Waals surface area contributed by atoms with Crippen LogP contribution in [0.15, 0.2) is 53.4 Å². The van der Waals surface area contributed by atoms with E-state index >= 15 is 0 Å². The van der Waals surface area contributed by atoms with Gasteiger partial charge in [0.15, 0.2) is 14.6 Å². The highest BCUT2D eigenvalue weighted by atomic mass is 32.2. The Balaban J connectivity index is 1.53. The van der Waals surface area contributed by atoms with Gasteiger partial charge in [0.25, 0.3) is 5.91 Å². The molecule has 3 N–H and O–H groups in total. The van der Waals surface area contributed by atoms with Crippen molar-refractivity contribution >= 4 is 15.7 Å². The lowest BCUT2D eigenvalue weighted by atomic mass is 9.88. The van der Waals surface area contributed by atoms with Crippen molar-refractivity contribution < 1.29 is 41.1 Å². The van der Waals surface area contributed by atoms with Gasteiger partial charge < -0.3 is 14.8 Å². The molecule has 1 heterocycles. The third-order valence-corrected chi connectivity index (χ3v) is 8.61. The van der Waals surface area contributed by atoms with Gasteiger partial charge >= 0.3 is 6.36 Å². The third-order valence-electron chi connectivity index (χ3n) is 6.13. The number of ether oxygens (including phenoxy) is 2. The number of piperidine rings is 1. The Morgan fingerprint density at radius 1 is 1.03 bits per heavy atom. The van der Waals surface area contributed by atoms with E-state index in [0.717, 1.165) is 25.0 Å². The number of halogens is 3. The van der Waals surface area contributed by atoms with E-state index in [1.807, 2.05) is 0 Å². The lowest BCUT2D eigenvalue weighted by molar-refractivity contribution is -0.274. The van der Waals surface area contributed by atoms with Crippen molar-refractivity contribution in [1.82, 2.24) is 10.8 Å². The van der Waals surface area contributed by atoms with Crippen molar-refractivity contribution in [2.24, 2.45) is 5.92 Å². The molecule has 4 rings (SSSR count). The number of hydrogen-bond donors (Lipinski definition) is 3. The predicted molar refractivity (Wildman–Crippen MR) is 113 cm³/mol. The molecule has 2 aromatic carbocycles. The van der Waals surface area contributed by atoms with Gasteiger partial charge in [-0.1, -0.05) is 0 Å². The van der Waals surface area contributed by atoms with Gasteiger partial charge in [0, 0.05) is 6.04 Å². The average molecular weight is 500 g/mol. The number of alkyl halides is 3. The second-order valence-corrected chi connectivity index (χ2v) is 10.6. The molecular formula is C22H23F3N2O6S. The first-order chi connectivity index (χ1) is 16.0. The molecule has 1 saturated heterocycles. The molecule has 1 aliphatic carbocycles. The van der Waals surface area contributed by atoms with E-state index in [1.54, 1.807) is 5.48 Å². The second-order valence-electron chi connectivity index (χ2n) is 8.38. The highest BCUT2D eigenvalue weighted by molar-refractivity contribution is 7.93. The van der Waals surface area contributed by atoms with Crippen molar-refractivity contribution in [3.63, 3.8) is 0 Å².